The van der Waals surface area contributed by atoms with Crippen LogP contribution in [-0.2, 0) is 22.1 Å². The summed E-state index contributed by atoms with van der Waals surface area (Å²) in [6.45, 7) is 3.75. The Morgan fingerprint density at radius 2 is 1.79 bits per heavy atom. The van der Waals surface area contributed by atoms with Gasteiger partial charge in [0.2, 0.25) is 0 Å². The molecule has 0 atom stereocenters. The third-order valence-electron chi connectivity index (χ3n) is 3.56. The highest BCUT2D eigenvalue weighted by molar-refractivity contribution is 7.89. The van der Waals surface area contributed by atoms with Gasteiger partial charge in [0.25, 0.3) is 11.5 Å². The van der Waals surface area contributed by atoms with E-state index < -0.39 is 9.84 Å². The van der Waals surface area contributed by atoms with Crippen LogP contribution in [0.4, 0.5) is 0 Å². The van der Waals surface area contributed by atoms with Crippen molar-refractivity contribution in [3.8, 4) is 0 Å². The van der Waals surface area contributed by atoms with E-state index in [9.17, 15) is 18.0 Å². The van der Waals surface area contributed by atoms with E-state index in [-0.39, 0.29) is 23.8 Å². The lowest BCUT2D eigenvalue weighted by Crippen LogP contribution is -2.27. The minimum absolute atomic E-state index is 0.0627. The molecule has 0 aliphatic heterocycles. The number of carbonyl (C=O) groups is 1. The molecule has 24 heavy (non-hydrogen) atoms. The molecule has 128 valence electrons. The second kappa shape index (κ2) is 7.00. The summed E-state index contributed by atoms with van der Waals surface area (Å²) in [5.41, 5.74) is 2.93. The molecule has 0 radical (unpaired) electrons. The molecule has 1 aromatic carbocycles. The monoisotopic (exact) mass is 348 g/mol. The van der Waals surface area contributed by atoms with Crippen LogP contribution in [0.25, 0.3) is 0 Å². The number of carbonyl (C=O) groups excluding carboxylic acids is 1. The Bertz CT molecular complexity index is 913. The van der Waals surface area contributed by atoms with Gasteiger partial charge in [0.1, 0.15) is 0 Å². The minimum Gasteiger partial charge on any atom is -0.348 e. The lowest BCUT2D eigenvalue weighted by atomic mass is 10.1. The average Bonchev–Trinajstić information content (AvgIpc) is 2.45. The number of hydrogen-bond acceptors (Lipinski definition) is 4. The molecule has 0 unspecified atom stereocenters. The summed E-state index contributed by atoms with van der Waals surface area (Å²) in [5.74, 6) is -0.382. The molecule has 0 aliphatic rings. The summed E-state index contributed by atoms with van der Waals surface area (Å²) in [6.07, 6.45) is 1.16. The van der Waals surface area contributed by atoms with E-state index in [1.54, 1.807) is 31.2 Å². The maximum Gasteiger partial charge on any atom is 0.253 e. The minimum atomic E-state index is -3.11. The first kappa shape index (κ1) is 17.9. The number of sulfone groups is 1. The van der Waals surface area contributed by atoms with Crippen LogP contribution in [0.5, 0.6) is 0 Å². The van der Waals surface area contributed by atoms with Gasteiger partial charge in [0, 0.05) is 29.6 Å². The zero-order valence-corrected chi connectivity index (χ0v) is 14.7. The molecule has 0 aliphatic carbocycles. The average molecular weight is 348 g/mol. The van der Waals surface area contributed by atoms with Crippen LogP contribution in [0.1, 0.15) is 32.7 Å². The maximum absolute atomic E-state index is 12.2. The van der Waals surface area contributed by atoms with Gasteiger partial charge < -0.3 is 10.3 Å². The van der Waals surface area contributed by atoms with E-state index in [4.69, 9.17) is 0 Å². The van der Waals surface area contributed by atoms with Crippen LogP contribution in [0.3, 0.4) is 0 Å². The SMILES string of the molecule is Cc1cc(C)c(CNC(=O)c2ccc(CS(C)(=O)=O)cc2)c(=O)[nH]1. The lowest BCUT2D eigenvalue weighted by Gasteiger charge is -2.08. The van der Waals surface area contributed by atoms with Crippen LogP contribution in [0.15, 0.2) is 35.1 Å². The van der Waals surface area contributed by atoms with Crippen molar-refractivity contribution in [1.82, 2.24) is 10.3 Å². The molecule has 0 spiro atoms. The van der Waals surface area contributed by atoms with Crippen LogP contribution in [0, 0.1) is 13.8 Å². The molecule has 0 bridgehead atoms. The Hall–Kier alpha value is -2.41. The van der Waals surface area contributed by atoms with Crippen molar-refractivity contribution in [2.45, 2.75) is 26.1 Å². The molecular formula is C17H20N2O4S. The molecule has 7 heteroatoms. The third kappa shape index (κ3) is 4.79. The number of rotatable bonds is 5. The number of pyridine rings is 1. The first-order chi connectivity index (χ1) is 11.2. The molecular weight excluding hydrogens is 328 g/mol. The van der Waals surface area contributed by atoms with E-state index >= 15 is 0 Å². The summed E-state index contributed by atoms with van der Waals surface area (Å²) in [6, 6.07) is 8.22. The van der Waals surface area contributed by atoms with E-state index in [1.807, 2.05) is 13.0 Å². The topological polar surface area (TPSA) is 96.1 Å². The van der Waals surface area contributed by atoms with Gasteiger partial charge in [-0.1, -0.05) is 12.1 Å². The van der Waals surface area contributed by atoms with Crippen molar-refractivity contribution in [1.29, 1.82) is 0 Å². The van der Waals surface area contributed by atoms with Crippen molar-refractivity contribution in [2.24, 2.45) is 0 Å². The van der Waals surface area contributed by atoms with Crippen molar-refractivity contribution in [3.05, 3.63) is 68.6 Å². The summed E-state index contributed by atoms with van der Waals surface area (Å²) >= 11 is 0. The number of hydrogen-bond donors (Lipinski definition) is 2. The van der Waals surface area contributed by atoms with Crippen molar-refractivity contribution in [2.75, 3.05) is 6.26 Å². The molecule has 2 N–H and O–H groups in total. The standard InChI is InChI=1S/C17H20N2O4S/c1-11-8-12(2)19-17(21)15(11)9-18-16(20)14-6-4-13(5-7-14)10-24(3,22)23/h4-8H,9-10H2,1-3H3,(H,18,20)(H,19,21). The Morgan fingerprint density at radius 3 is 2.33 bits per heavy atom. The predicted molar refractivity (Wildman–Crippen MR) is 92.7 cm³/mol. The second-order valence-corrected chi connectivity index (χ2v) is 8.03. The highest BCUT2D eigenvalue weighted by Gasteiger charge is 2.10. The fourth-order valence-electron chi connectivity index (χ4n) is 2.43. The smallest absolute Gasteiger partial charge is 0.253 e. The predicted octanol–water partition coefficient (Wildman–Crippen LogP) is 1.47. The largest absolute Gasteiger partial charge is 0.348 e. The third-order valence-corrected chi connectivity index (χ3v) is 4.42. The lowest BCUT2D eigenvalue weighted by molar-refractivity contribution is 0.0950. The highest BCUT2D eigenvalue weighted by Crippen LogP contribution is 2.09. The number of aromatic nitrogens is 1. The summed E-state index contributed by atoms with van der Waals surface area (Å²) in [5, 5.41) is 2.71. The van der Waals surface area contributed by atoms with Gasteiger partial charge in [-0.25, -0.2) is 8.42 Å². The Morgan fingerprint density at radius 1 is 1.17 bits per heavy atom. The Balaban J connectivity index is 2.07. The fourth-order valence-corrected chi connectivity index (χ4v) is 3.23. The molecule has 1 heterocycles. The van der Waals surface area contributed by atoms with E-state index in [1.165, 1.54) is 0 Å². The highest BCUT2D eigenvalue weighted by atomic mass is 32.2. The van der Waals surface area contributed by atoms with E-state index in [2.05, 4.69) is 10.3 Å². The molecule has 0 saturated carbocycles. The van der Waals surface area contributed by atoms with E-state index in [0.717, 1.165) is 17.5 Å². The molecule has 0 saturated heterocycles. The zero-order chi connectivity index (χ0) is 17.9. The number of aryl methyl sites for hydroxylation is 2. The van der Waals surface area contributed by atoms with Crippen LogP contribution in [0.2, 0.25) is 0 Å². The van der Waals surface area contributed by atoms with Gasteiger partial charge >= 0.3 is 0 Å². The Kier molecular flexibility index (Phi) is 5.23. The van der Waals surface area contributed by atoms with Crippen molar-refractivity contribution in [3.63, 3.8) is 0 Å². The van der Waals surface area contributed by atoms with Gasteiger partial charge in [0.05, 0.1) is 5.75 Å². The van der Waals surface area contributed by atoms with Gasteiger partial charge in [-0.3, -0.25) is 9.59 Å². The number of amides is 1. The molecule has 1 aromatic heterocycles. The van der Waals surface area contributed by atoms with Crippen LogP contribution >= 0.6 is 0 Å². The summed E-state index contributed by atoms with van der Waals surface area (Å²) in [7, 11) is -3.11. The first-order valence-electron chi connectivity index (χ1n) is 7.40. The number of aromatic amines is 1. The van der Waals surface area contributed by atoms with E-state index in [0.29, 0.717) is 16.7 Å². The maximum atomic E-state index is 12.2. The van der Waals surface area contributed by atoms with Gasteiger partial charge in [-0.2, -0.15) is 0 Å². The molecule has 6 nitrogen and oxygen atoms in total. The van der Waals surface area contributed by atoms with Gasteiger partial charge in [-0.05, 0) is 43.2 Å². The van der Waals surface area contributed by atoms with Crippen molar-refractivity contribution >= 4 is 15.7 Å². The number of benzene rings is 1. The first-order valence-corrected chi connectivity index (χ1v) is 9.46. The zero-order valence-electron chi connectivity index (χ0n) is 13.8. The normalized spacial score (nSPS) is 11.3. The fraction of sp³-hybridized carbons (Fsp3) is 0.294. The van der Waals surface area contributed by atoms with Gasteiger partial charge in [0.15, 0.2) is 9.84 Å². The molecule has 1 amide bonds. The van der Waals surface area contributed by atoms with Gasteiger partial charge in [-0.15, -0.1) is 0 Å². The summed E-state index contributed by atoms with van der Waals surface area (Å²) in [4.78, 5) is 26.8. The quantitative estimate of drug-likeness (QED) is 0.855. The number of H-pyrrole nitrogens is 1. The molecule has 0 fully saturated rings. The van der Waals surface area contributed by atoms with Crippen molar-refractivity contribution < 1.29 is 13.2 Å². The Labute approximate surface area is 140 Å². The number of nitrogens with one attached hydrogen (secondary N) is 2. The molecule has 2 rings (SSSR count). The van der Waals surface area contributed by atoms with Crippen LogP contribution in [-0.4, -0.2) is 25.6 Å². The second-order valence-electron chi connectivity index (χ2n) is 5.89. The molecule has 2 aromatic rings. The van der Waals surface area contributed by atoms with Crippen LogP contribution < -0.4 is 10.9 Å². The summed E-state index contributed by atoms with van der Waals surface area (Å²) < 4.78 is 22.5.